The lowest BCUT2D eigenvalue weighted by Gasteiger charge is -1.91. The summed E-state index contributed by atoms with van der Waals surface area (Å²) in [6.45, 7) is 4.45. The van der Waals surface area contributed by atoms with Gasteiger partial charge in [0.2, 0.25) is 0 Å². The van der Waals surface area contributed by atoms with Crippen LogP contribution in [0.4, 0.5) is 0 Å². The van der Waals surface area contributed by atoms with Crippen LogP contribution in [0.15, 0.2) is 0 Å². The van der Waals surface area contributed by atoms with E-state index in [1.807, 2.05) is 0 Å². The topological polar surface area (TPSA) is 170 Å². The van der Waals surface area contributed by atoms with Crippen LogP contribution in [0.1, 0.15) is 20.8 Å². The van der Waals surface area contributed by atoms with Crippen molar-refractivity contribution in [3.05, 3.63) is 0 Å². The maximum Gasteiger partial charge on any atom is 0.300 e. The quantitative estimate of drug-likeness (QED) is 0.271. The number of carboxylic acids is 3. The first-order valence-electron chi connectivity index (χ1n) is 4.71. The van der Waals surface area contributed by atoms with Crippen LogP contribution in [0.5, 0.6) is 0 Å². The fraction of sp³-hybridized carbons (Fsp3) is 0.667. The molecule has 0 amide bonds. The Morgan fingerprint density at radius 1 is 0.944 bits per heavy atom. The molecule has 9 heteroatoms. The highest BCUT2D eigenvalue weighted by molar-refractivity contribution is 5.63. The van der Waals surface area contributed by atoms with Crippen LogP contribution in [0.2, 0.25) is 0 Å². The van der Waals surface area contributed by atoms with Crippen LogP contribution in [0.25, 0.3) is 0 Å². The first-order valence-corrected chi connectivity index (χ1v) is 4.71. The number of hydrogen-bond donors (Lipinski definition) is 6. The molecule has 0 heterocycles. The van der Waals surface area contributed by atoms with E-state index in [0.717, 1.165) is 20.8 Å². The minimum Gasteiger partial charge on any atom is -0.481 e. The van der Waals surface area contributed by atoms with Crippen molar-refractivity contribution in [1.82, 2.24) is 5.32 Å². The Balaban J connectivity index is -0.0000000742. The number of nitrogens with two attached hydrogens (primary N) is 1. The number of hydrogen-bond acceptors (Lipinski definition) is 6. The third-order valence-corrected chi connectivity index (χ3v) is 0.433. The number of aliphatic hydroxyl groups excluding tert-OH is 1. The van der Waals surface area contributed by atoms with Gasteiger partial charge >= 0.3 is 0 Å². The van der Waals surface area contributed by atoms with Gasteiger partial charge in [0.05, 0.1) is 6.61 Å². The molecule has 0 aliphatic rings. The molecular weight excluding hydrogens is 248 g/mol. The monoisotopic (exact) mass is 270 g/mol. The lowest BCUT2D eigenvalue weighted by Crippen LogP contribution is -2.24. The molecule has 0 saturated carbocycles. The Kier molecular flexibility index (Phi) is 34.3. The van der Waals surface area contributed by atoms with E-state index < -0.39 is 17.9 Å². The molecule has 0 saturated heterocycles. The Bertz CT molecular complexity index is 165. The van der Waals surface area contributed by atoms with Crippen molar-refractivity contribution < 1.29 is 34.8 Å². The standard InChI is InChI=1S/C3H10N2O.3C2H4O2/c4-3-5-1-2-6;3*1-2(3)4/h5-6H,1-4H2;3*1H3,(H,3,4). The zero-order valence-corrected chi connectivity index (χ0v) is 10.7. The van der Waals surface area contributed by atoms with E-state index in [1.54, 1.807) is 0 Å². The number of aliphatic carboxylic acids is 3. The first kappa shape index (κ1) is 25.2. The molecule has 0 radical (unpaired) electrons. The summed E-state index contributed by atoms with van der Waals surface area (Å²) in [6, 6.07) is 0. The molecule has 0 bridgehead atoms. The van der Waals surface area contributed by atoms with Crippen molar-refractivity contribution in [3.8, 4) is 0 Å². The van der Waals surface area contributed by atoms with Gasteiger partial charge < -0.3 is 31.5 Å². The summed E-state index contributed by atoms with van der Waals surface area (Å²) in [7, 11) is 0. The lowest BCUT2D eigenvalue weighted by molar-refractivity contribution is -0.135. The summed E-state index contributed by atoms with van der Waals surface area (Å²) in [5.74, 6) is -2.50. The van der Waals surface area contributed by atoms with Gasteiger partial charge in [-0.2, -0.15) is 0 Å². The number of carboxylic acid groups (broad SMARTS) is 3. The maximum atomic E-state index is 9.00. The highest BCUT2D eigenvalue weighted by Crippen LogP contribution is 1.46. The third-order valence-electron chi connectivity index (χ3n) is 0.433. The predicted molar refractivity (Wildman–Crippen MR) is 64.1 cm³/mol. The van der Waals surface area contributed by atoms with E-state index in [0.29, 0.717) is 13.2 Å². The zero-order chi connectivity index (χ0) is 15.6. The summed E-state index contributed by atoms with van der Waals surface area (Å²) >= 11 is 0. The molecular formula is C9H22N2O7. The molecule has 0 aromatic carbocycles. The second-order valence-electron chi connectivity index (χ2n) is 2.48. The average molecular weight is 270 g/mol. The molecule has 0 aromatic heterocycles. The number of aliphatic hydroxyl groups is 1. The van der Waals surface area contributed by atoms with Crippen molar-refractivity contribution in [2.75, 3.05) is 19.8 Å². The van der Waals surface area contributed by atoms with Gasteiger partial charge in [0.25, 0.3) is 17.9 Å². The first-order chi connectivity index (χ1) is 8.11. The maximum absolute atomic E-state index is 9.00. The minimum absolute atomic E-state index is 0.164. The fourth-order valence-electron chi connectivity index (χ4n) is 0.181. The Morgan fingerprint density at radius 2 is 1.17 bits per heavy atom. The Hall–Kier alpha value is -1.71. The van der Waals surface area contributed by atoms with Gasteiger partial charge in [-0.25, -0.2) is 0 Å². The third kappa shape index (κ3) is 1520. The molecule has 0 unspecified atom stereocenters. The summed E-state index contributed by atoms with van der Waals surface area (Å²) in [5, 5.41) is 33.1. The van der Waals surface area contributed by atoms with Gasteiger partial charge in [-0.3, -0.25) is 14.4 Å². The van der Waals surface area contributed by atoms with Gasteiger partial charge in [0, 0.05) is 34.0 Å². The van der Waals surface area contributed by atoms with E-state index in [9.17, 15) is 0 Å². The summed E-state index contributed by atoms with van der Waals surface area (Å²) in [5.41, 5.74) is 4.99. The van der Waals surface area contributed by atoms with Crippen LogP contribution in [-0.2, 0) is 14.4 Å². The predicted octanol–water partition coefficient (Wildman–Crippen LogP) is -1.24. The van der Waals surface area contributed by atoms with E-state index >= 15 is 0 Å². The van der Waals surface area contributed by atoms with Crippen LogP contribution in [0.3, 0.4) is 0 Å². The van der Waals surface area contributed by atoms with Crippen LogP contribution in [0, 0.1) is 0 Å². The van der Waals surface area contributed by atoms with Crippen molar-refractivity contribution in [1.29, 1.82) is 0 Å². The molecule has 0 fully saturated rings. The van der Waals surface area contributed by atoms with Gasteiger partial charge in [-0.05, 0) is 0 Å². The second-order valence-corrected chi connectivity index (χ2v) is 2.48. The van der Waals surface area contributed by atoms with Crippen LogP contribution >= 0.6 is 0 Å². The molecule has 110 valence electrons. The largest absolute Gasteiger partial charge is 0.481 e. The van der Waals surface area contributed by atoms with Crippen LogP contribution < -0.4 is 11.1 Å². The fourth-order valence-corrected chi connectivity index (χ4v) is 0.181. The normalized spacial score (nSPS) is 7.17. The SMILES string of the molecule is CC(=O)O.CC(=O)O.CC(=O)O.NCNCCO. The molecule has 0 aliphatic carbocycles. The van der Waals surface area contributed by atoms with E-state index in [4.69, 9.17) is 40.5 Å². The molecule has 0 atom stereocenters. The van der Waals surface area contributed by atoms with Crippen molar-refractivity contribution >= 4 is 17.9 Å². The van der Waals surface area contributed by atoms with Gasteiger partial charge in [0.15, 0.2) is 0 Å². The molecule has 0 aliphatic heterocycles. The molecule has 18 heavy (non-hydrogen) atoms. The smallest absolute Gasteiger partial charge is 0.300 e. The number of carbonyl (C=O) groups is 3. The van der Waals surface area contributed by atoms with Gasteiger partial charge in [-0.15, -0.1) is 0 Å². The van der Waals surface area contributed by atoms with Crippen LogP contribution in [-0.4, -0.2) is 58.2 Å². The molecule has 0 aromatic rings. The summed E-state index contributed by atoms with van der Waals surface area (Å²) in [4.78, 5) is 27.0. The van der Waals surface area contributed by atoms with Gasteiger partial charge in [-0.1, -0.05) is 0 Å². The minimum atomic E-state index is -0.833. The molecule has 9 nitrogen and oxygen atoms in total. The lowest BCUT2D eigenvalue weighted by atomic mass is 10.7. The van der Waals surface area contributed by atoms with E-state index in [2.05, 4.69) is 5.32 Å². The average Bonchev–Trinajstić information content (AvgIpc) is 2.11. The van der Waals surface area contributed by atoms with Crippen molar-refractivity contribution in [2.24, 2.45) is 5.73 Å². The number of rotatable bonds is 3. The Morgan fingerprint density at radius 3 is 1.22 bits per heavy atom. The number of nitrogens with one attached hydrogen (secondary N) is 1. The van der Waals surface area contributed by atoms with Crippen molar-refractivity contribution in [3.63, 3.8) is 0 Å². The van der Waals surface area contributed by atoms with Gasteiger partial charge in [0.1, 0.15) is 0 Å². The highest BCUT2D eigenvalue weighted by atomic mass is 16.4. The summed E-state index contributed by atoms with van der Waals surface area (Å²) < 4.78 is 0. The van der Waals surface area contributed by atoms with E-state index in [1.165, 1.54) is 0 Å². The molecule has 7 N–H and O–H groups in total. The summed E-state index contributed by atoms with van der Waals surface area (Å²) in [6.07, 6.45) is 0. The van der Waals surface area contributed by atoms with E-state index in [-0.39, 0.29) is 6.61 Å². The second kappa shape index (κ2) is 24.5. The Labute approximate surface area is 105 Å². The molecule has 0 rings (SSSR count). The van der Waals surface area contributed by atoms with Crippen molar-refractivity contribution in [2.45, 2.75) is 20.8 Å². The highest BCUT2D eigenvalue weighted by Gasteiger charge is 1.72. The molecule has 0 spiro atoms. The zero-order valence-electron chi connectivity index (χ0n) is 10.7.